The van der Waals surface area contributed by atoms with Gasteiger partial charge in [-0.3, -0.25) is 4.68 Å². The van der Waals surface area contributed by atoms with E-state index in [4.69, 9.17) is 14.5 Å². The van der Waals surface area contributed by atoms with Crippen molar-refractivity contribution in [2.45, 2.75) is 19.9 Å². The zero-order chi connectivity index (χ0) is 24.2. The molecule has 1 N–H and O–H groups in total. The average Bonchev–Trinajstić information content (AvgIpc) is 3.27. The fourth-order valence-corrected chi connectivity index (χ4v) is 3.47. The van der Waals surface area contributed by atoms with Gasteiger partial charge >= 0.3 is 0 Å². The highest BCUT2D eigenvalue weighted by molar-refractivity contribution is 5.76. The Balaban J connectivity index is 1.80. The van der Waals surface area contributed by atoms with Crippen LogP contribution in [0.1, 0.15) is 13.8 Å². The van der Waals surface area contributed by atoms with Crippen molar-refractivity contribution in [1.82, 2.24) is 35.3 Å². The smallest absolute Gasteiger partial charge is 0.188 e. The Kier molecular flexibility index (Phi) is 6.82. The number of halogens is 1. The first-order chi connectivity index (χ1) is 16.4. The second kappa shape index (κ2) is 9.96. The molecule has 1 aromatic carbocycles. The van der Waals surface area contributed by atoms with Gasteiger partial charge in [0.25, 0.3) is 0 Å². The fourth-order valence-electron chi connectivity index (χ4n) is 3.47. The van der Waals surface area contributed by atoms with E-state index in [0.29, 0.717) is 41.6 Å². The van der Waals surface area contributed by atoms with Crippen molar-refractivity contribution >= 4 is 22.7 Å². The molecule has 0 aliphatic heterocycles. The molecule has 178 valence electrons. The molecule has 34 heavy (non-hydrogen) atoms. The number of nitrogens with zero attached hydrogens (tertiary/aromatic N) is 7. The number of aromatic nitrogens is 6. The van der Waals surface area contributed by atoms with E-state index in [9.17, 15) is 0 Å². The molecule has 10 nitrogen and oxygen atoms in total. The molecule has 0 aliphatic carbocycles. The number of hydrogen-bond donors (Lipinski definition) is 1. The Bertz CT molecular complexity index is 1290. The summed E-state index contributed by atoms with van der Waals surface area (Å²) in [5.74, 6) is 0.961. The van der Waals surface area contributed by atoms with Crippen molar-refractivity contribution in [2.75, 3.05) is 32.2 Å². The molecule has 0 amide bonds. The number of benzene rings is 1. The molecule has 3 heterocycles. The molecule has 11 heteroatoms. The van der Waals surface area contributed by atoms with Gasteiger partial charge < -0.3 is 19.7 Å². The summed E-state index contributed by atoms with van der Waals surface area (Å²) < 4.78 is 27.7. The van der Waals surface area contributed by atoms with Crippen molar-refractivity contribution < 1.29 is 13.9 Å². The van der Waals surface area contributed by atoms with E-state index in [2.05, 4.69) is 39.4 Å². The number of anilines is 2. The van der Waals surface area contributed by atoms with Gasteiger partial charge in [-0.15, -0.1) is 10.2 Å². The highest BCUT2D eigenvalue weighted by Gasteiger charge is 2.21. The van der Waals surface area contributed by atoms with Crippen LogP contribution in [-0.4, -0.2) is 63.3 Å². The van der Waals surface area contributed by atoms with E-state index < -0.39 is 5.82 Å². The summed E-state index contributed by atoms with van der Waals surface area (Å²) in [5, 5.41) is 15.9. The van der Waals surface area contributed by atoms with Gasteiger partial charge in [0.1, 0.15) is 17.1 Å². The van der Waals surface area contributed by atoms with Gasteiger partial charge in [0, 0.05) is 44.5 Å². The van der Waals surface area contributed by atoms with Crippen molar-refractivity contribution in [3.05, 3.63) is 42.5 Å². The lowest BCUT2D eigenvalue weighted by atomic mass is 10.2. The Morgan fingerprint density at radius 3 is 2.62 bits per heavy atom. The second-order valence-electron chi connectivity index (χ2n) is 7.97. The minimum absolute atomic E-state index is 0.0832. The first-order valence-corrected chi connectivity index (χ1v) is 10.8. The molecule has 0 bridgehead atoms. The lowest BCUT2D eigenvalue weighted by Gasteiger charge is -2.26. The first-order valence-electron chi connectivity index (χ1n) is 10.8. The third-order valence-electron chi connectivity index (χ3n) is 5.17. The number of hydrogen-bond acceptors (Lipinski definition) is 9. The number of methoxy groups -OCH3 is 2. The molecule has 0 saturated carbocycles. The summed E-state index contributed by atoms with van der Waals surface area (Å²) >= 11 is 0. The molecular weight excluding hydrogens is 439 g/mol. The standard InChI is InChI=1S/C23H27FN8O2/c1-14(2)25-8-9-32(18-10-16(33-4)11-19(34-5)21(18)24)20-7-6-17-23(27-20)28-22(30-29-17)15-12-26-31(3)13-15/h6-7,10-14,25H,8-9H2,1-5H3. The average molecular weight is 467 g/mol. The normalized spacial score (nSPS) is 11.3. The molecule has 0 fully saturated rings. The topological polar surface area (TPSA) is 103 Å². The molecule has 0 unspecified atom stereocenters. The maximum absolute atomic E-state index is 15.4. The Morgan fingerprint density at radius 1 is 1.12 bits per heavy atom. The number of aryl methyl sites for hydroxylation is 1. The quantitative estimate of drug-likeness (QED) is 0.398. The second-order valence-corrected chi connectivity index (χ2v) is 7.97. The zero-order valence-electron chi connectivity index (χ0n) is 19.8. The van der Waals surface area contributed by atoms with Crippen molar-refractivity contribution in [3.8, 4) is 22.9 Å². The summed E-state index contributed by atoms with van der Waals surface area (Å²) in [6.07, 6.45) is 3.46. The minimum Gasteiger partial charge on any atom is -0.497 e. The Labute approximate surface area is 196 Å². The van der Waals surface area contributed by atoms with Crippen molar-refractivity contribution in [1.29, 1.82) is 0 Å². The third-order valence-corrected chi connectivity index (χ3v) is 5.17. The van der Waals surface area contributed by atoms with E-state index in [-0.39, 0.29) is 17.5 Å². The third kappa shape index (κ3) is 4.88. The SMILES string of the molecule is COc1cc(OC)c(F)c(N(CCNC(C)C)c2ccc3nnc(-c4cnn(C)c4)nc3n2)c1. The lowest BCUT2D eigenvalue weighted by molar-refractivity contribution is 0.374. The van der Waals surface area contributed by atoms with Crippen LogP contribution in [0, 0.1) is 5.82 Å². The minimum atomic E-state index is -0.508. The molecule has 0 aliphatic rings. The molecule has 0 radical (unpaired) electrons. The number of rotatable bonds is 9. The summed E-state index contributed by atoms with van der Waals surface area (Å²) in [6, 6.07) is 6.94. The van der Waals surface area contributed by atoms with Gasteiger partial charge in [-0.1, -0.05) is 13.8 Å². The van der Waals surface area contributed by atoms with Gasteiger partial charge in [0.05, 0.1) is 31.7 Å². The summed E-state index contributed by atoms with van der Waals surface area (Å²) in [5.41, 5.74) is 1.93. The zero-order valence-corrected chi connectivity index (χ0v) is 19.8. The highest BCUT2D eigenvalue weighted by Crippen LogP contribution is 2.36. The van der Waals surface area contributed by atoms with Gasteiger partial charge in [0.15, 0.2) is 23.0 Å². The highest BCUT2D eigenvalue weighted by atomic mass is 19.1. The van der Waals surface area contributed by atoms with Crippen LogP contribution >= 0.6 is 0 Å². The molecule has 0 spiro atoms. The lowest BCUT2D eigenvalue weighted by Crippen LogP contribution is -2.33. The molecule has 3 aromatic heterocycles. The van der Waals surface area contributed by atoms with Gasteiger partial charge in [-0.25, -0.2) is 14.4 Å². The van der Waals surface area contributed by atoms with Gasteiger partial charge in [-0.05, 0) is 12.1 Å². The Morgan fingerprint density at radius 2 is 1.94 bits per heavy atom. The van der Waals surface area contributed by atoms with E-state index in [0.717, 1.165) is 5.56 Å². The monoisotopic (exact) mass is 466 g/mol. The van der Waals surface area contributed by atoms with Crippen LogP contribution in [0.3, 0.4) is 0 Å². The fraction of sp³-hybridized carbons (Fsp3) is 0.348. The maximum Gasteiger partial charge on any atom is 0.188 e. The van der Waals surface area contributed by atoms with E-state index in [1.165, 1.54) is 20.3 Å². The molecule has 0 atom stereocenters. The number of pyridine rings is 1. The predicted octanol–water partition coefficient (Wildman–Crippen LogP) is 3.11. The number of fused-ring (bicyclic) bond motifs is 1. The first kappa shape index (κ1) is 23.3. The molecular formula is C23H27FN8O2. The number of ether oxygens (including phenoxy) is 2. The van der Waals surface area contributed by atoms with Crippen LogP contribution in [0.15, 0.2) is 36.7 Å². The van der Waals surface area contributed by atoms with E-state index in [1.54, 1.807) is 40.2 Å². The van der Waals surface area contributed by atoms with Crippen molar-refractivity contribution in [3.63, 3.8) is 0 Å². The predicted molar refractivity (Wildman–Crippen MR) is 127 cm³/mol. The van der Waals surface area contributed by atoms with Gasteiger partial charge in [0.2, 0.25) is 0 Å². The summed E-state index contributed by atoms with van der Waals surface area (Å²) in [6.45, 7) is 5.14. The maximum atomic E-state index is 15.4. The Hall–Kier alpha value is -3.86. The van der Waals surface area contributed by atoms with Crippen LogP contribution in [0.4, 0.5) is 15.9 Å². The van der Waals surface area contributed by atoms with E-state index >= 15 is 4.39 Å². The van der Waals surface area contributed by atoms with Crippen LogP contribution in [-0.2, 0) is 7.05 Å². The largest absolute Gasteiger partial charge is 0.497 e. The molecule has 0 saturated heterocycles. The summed E-state index contributed by atoms with van der Waals surface area (Å²) in [4.78, 5) is 11.0. The number of nitrogens with one attached hydrogen (secondary N) is 1. The molecule has 4 aromatic rings. The molecule has 4 rings (SSSR count). The van der Waals surface area contributed by atoms with Crippen LogP contribution in [0.25, 0.3) is 22.6 Å². The van der Waals surface area contributed by atoms with Crippen LogP contribution in [0.5, 0.6) is 11.5 Å². The van der Waals surface area contributed by atoms with Crippen LogP contribution < -0.4 is 19.7 Å². The van der Waals surface area contributed by atoms with E-state index in [1.807, 2.05) is 7.05 Å². The van der Waals surface area contributed by atoms with Crippen LogP contribution in [0.2, 0.25) is 0 Å². The van der Waals surface area contributed by atoms with Crippen molar-refractivity contribution in [2.24, 2.45) is 7.05 Å². The summed E-state index contributed by atoms with van der Waals surface area (Å²) in [7, 11) is 4.76. The van der Waals surface area contributed by atoms with Gasteiger partial charge in [-0.2, -0.15) is 5.10 Å².